The van der Waals surface area contributed by atoms with E-state index in [-0.39, 0.29) is 29.7 Å². The number of aromatic nitrogens is 2. The van der Waals surface area contributed by atoms with E-state index in [0.717, 1.165) is 0 Å². The van der Waals surface area contributed by atoms with Gasteiger partial charge in [-0.05, 0) is 36.4 Å². The third-order valence-corrected chi connectivity index (χ3v) is 6.48. The summed E-state index contributed by atoms with van der Waals surface area (Å²) in [6.45, 7) is -0.303. The molecule has 4 rings (SSSR count). The van der Waals surface area contributed by atoms with Crippen molar-refractivity contribution >= 4 is 47.2 Å². The van der Waals surface area contributed by atoms with Crippen LogP contribution in [0.15, 0.2) is 48.7 Å². The molecule has 0 spiro atoms. The second-order valence-corrected chi connectivity index (χ2v) is 9.20. The van der Waals surface area contributed by atoms with Crippen molar-refractivity contribution in [2.75, 3.05) is 19.0 Å². The van der Waals surface area contributed by atoms with E-state index >= 15 is 0 Å². The lowest BCUT2D eigenvalue weighted by atomic mass is 9.77. The van der Waals surface area contributed by atoms with Gasteiger partial charge < -0.3 is 14.8 Å². The number of carbonyl (C=O) groups is 1. The lowest BCUT2D eigenvalue weighted by Gasteiger charge is -2.44. The predicted molar refractivity (Wildman–Crippen MR) is 131 cm³/mol. The van der Waals surface area contributed by atoms with Crippen LogP contribution in [0.2, 0.25) is 5.02 Å². The summed E-state index contributed by atoms with van der Waals surface area (Å²) in [5.41, 5.74) is 0.274. The molecule has 0 aliphatic heterocycles. The molecule has 1 saturated carbocycles. The lowest BCUT2D eigenvalue weighted by molar-refractivity contribution is -0.198. The van der Waals surface area contributed by atoms with Crippen molar-refractivity contribution in [3.8, 4) is 17.2 Å². The van der Waals surface area contributed by atoms with E-state index in [1.807, 2.05) is 0 Å². The maximum atomic E-state index is 13.4. The van der Waals surface area contributed by atoms with Crippen molar-refractivity contribution < 1.29 is 31.1 Å². The topological polar surface area (TPSA) is 74.6 Å². The van der Waals surface area contributed by atoms with Crippen LogP contribution in [0.5, 0.6) is 11.5 Å². The van der Waals surface area contributed by atoms with Crippen molar-refractivity contribution in [1.82, 2.24) is 9.78 Å². The molecule has 1 fully saturated rings. The number of carbonyl (C=O) groups excluding carboxylic acids is 1. The van der Waals surface area contributed by atoms with Crippen LogP contribution in [-0.4, -0.2) is 40.9 Å². The number of nitrogens with one attached hydrogen (secondary N) is 1. The average molecular weight is 562 g/mol. The molecule has 0 unspecified atom stereocenters. The molecule has 1 aliphatic carbocycles. The summed E-state index contributed by atoms with van der Waals surface area (Å²) in [7, 11) is 1.38. The Morgan fingerprint density at radius 1 is 1.19 bits per heavy atom. The Labute approximate surface area is 219 Å². The van der Waals surface area contributed by atoms with Crippen LogP contribution in [0, 0.1) is 0 Å². The summed E-state index contributed by atoms with van der Waals surface area (Å²) in [6.07, 6.45) is 0.345. The van der Waals surface area contributed by atoms with Gasteiger partial charge in [-0.25, -0.2) is 13.5 Å². The zero-order valence-electron chi connectivity index (χ0n) is 18.8. The number of rotatable bonds is 10. The van der Waals surface area contributed by atoms with E-state index in [9.17, 15) is 17.5 Å². The average Bonchev–Trinajstić information content (AvgIpc) is 3.27. The molecule has 3 aromatic rings. The first-order valence-corrected chi connectivity index (χ1v) is 12.1. The quantitative estimate of drug-likeness (QED) is 0.221. The molecule has 1 N–H and O–H groups in total. The minimum Gasteiger partial charge on any atom is -0.493 e. The first-order valence-electron chi connectivity index (χ1n) is 10.5. The maximum absolute atomic E-state index is 13.4. The fraction of sp³-hybridized carbons (Fsp3) is 0.304. The van der Waals surface area contributed by atoms with E-state index in [4.69, 9.17) is 36.9 Å². The molecule has 1 aliphatic rings. The van der Waals surface area contributed by atoms with Gasteiger partial charge in [-0.2, -0.15) is 5.10 Å². The van der Waals surface area contributed by atoms with Crippen molar-refractivity contribution in [3.05, 3.63) is 64.9 Å². The van der Waals surface area contributed by atoms with Gasteiger partial charge in [0.15, 0.2) is 17.2 Å². The highest BCUT2D eigenvalue weighted by Crippen LogP contribution is 2.50. The first kappa shape index (κ1) is 26.5. The second-order valence-electron chi connectivity index (χ2n) is 8.20. The monoisotopic (exact) mass is 561 g/mol. The Bertz CT molecular complexity index is 1240. The van der Waals surface area contributed by atoms with Crippen molar-refractivity contribution in [2.45, 2.75) is 30.2 Å². The highest BCUT2D eigenvalue weighted by molar-refractivity contribution is 7.89. The standard InChI is InChI=1S/C23H20Cl2F3N3O4S/c1-33-19-8-16(4-7-18(19)34-13-22(35-36-28)11-23(26,27)12-22)29-21(32)20-14(9-24)10-31(30-20)17-5-2-15(25)3-6-17/h2-8,10H,9,11-13H2,1H3,(H,29,32). The van der Waals surface area contributed by atoms with Crippen molar-refractivity contribution in [1.29, 1.82) is 0 Å². The van der Waals surface area contributed by atoms with E-state index in [2.05, 4.69) is 10.4 Å². The van der Waals surface area contributed by atoms with Gasteiger partial charge in [-0.3, -0.25) is 8.98 Å². The van der Waals surface area contributed by atoms with Crippen LogP contribution in [-0.2, 0) is 10.1 Å². The molecule has 1 heterocycles. The van der Waals surface area contributed by atoms with Gasteiger partial charge in [-0.15, -0.1) is 15.5 Å². The smallest absolute Gasteiger partial charge is 0.276 e. The number of alkyl halides is 3. The van der Waals surface area contributed by atoms with Gasteiger partial charge in [-0.1, -0.05) is 11.6 Å². The molecule has 1 amide bonds. The van der Waals surface area contributed by atoms with Crippen LogP contribution in [0.25, 0.3) is 5.69 Å². The van der Waals surface area contributed by atoms with Gasteiger partial charge in [0, 0.05) is 41.4 Å². The molecule has 0 radical (unpaired) electrons. The summed E-state index contributed by atoms with van der Waals surface area (Å²) < 4.78 is 56.6. The number of anilines is 1. The molecule has 7 nitrogen and oxygen atoms in total. The maximum Gasteiger partial charge on any atom is 0.276 e. The first-order chi connectivity index (χ1) is 17.2. The van der Waals surface area contributed by atoms with Gasteiger partial charge in [0.2, 0.25) is 12.4 Å². The van der Waals surface area contributed by atoms with Gasteiger partial charge >= 0.3 is 0 Å². The molecule has 1 aromatic heterocycles. The van der Waals surface area contributed by atoms with Gasteiger partial charge in [0.1, 0.15) is 12.2 Å². The third-order valence-electron chi connectivity index (χ3n) is 5.52. The van der Waals surface area contributed by atoms with Crippen LogP contribution in [0.4, 0.5) is 18.4 Å². The molecule has 0 atom stereocenters. The number of halogens is 5. The largest absolute Gasteiger partial charge is 0.493 e. The molecule has 0 bridgehead atoms. The Morgan fingerprint density at radius 3 is 2.53 bits per heavy atom. The highest BCUT2D eigenvalue weighted by atomic mass is 35.5. The normalized spacial score (nSPS) is 15.7. The predicted octanol–water partition coefficient (Wildman–Crippen LogP) is 6.62. The SMILES string of the molecule is COc1cc(NC(=O)c2nn(-c3ccc(Cl)cc3)cc2CCl)ccc1OCC1(OSF)CC(F)(F)C1. The number of benzene rings is 2. The Hall–Kier alpha value is -2.60. The minimum absolute atomic E-state index is 0.0620. The Kier molecular flexibility index (Phi) is 7.93. The van der Waals surface area contributed by atoms with E-state index in [1.54, 1.807) is 36.5 Å². The molecule has 13 heteroatoms. The lowest BCUT2D eigenvalue weighted by Crippen LogP contribution is -2.56. The van der Waals surface area contributed by atoms with Crippen LogP contribution < -0.4 is 14.8 Å². The molecule has 2 aromatic carbocycles. The number of nitrogens with zero attached hydrogens (tertiary/aromatic N) is 2. The summed E-state index contributed by atoms with van der Waals surface area (Å²) in [5, 5.41) is 7.65. The fourth-order valence-electron chi connectivity index (χ4n) is 3.83. The zero-order valence-corrected chi connectivity index (χ0v) is 21.1. The Balaban J connectivity index is 1.47. The third kappa shape index (κ3) is 5.86. The summed E-state index contributed by atoms with van der Waals surface area (Å²) in [4.78, 5) is 12.9. The van der Waals surface area contributed by atoms with Crippen LogP contribution >= 0.6 is 35.6 Å². The minimum atomic E-state index is -2.93. The summed E-state index contributed by atoms with van der Waals surface area (Å²) in [6, 6.07) is 11.5. The number of hydrogen-bond acceptors (Lipinski definition) is 6. The molecule has 0 saturated heterocycles. The highest BCUT2D eigenvalue weighted by Gasteiger charge is 2.59. The molecule has 36 heavy (non-hydrogen) atoms. The van der Waals surface area contributed by atoms with Gasteiger partial charge in [0.05, 0.1) is 18.7 Å². The molecular weight excluding hydrogens is 542 g/mol. The Morgan fingerprint density at radius 2 is 1.92 bits per heavy atom. The number of ether oxygens (including phenoxy) is 2. The van der Waals surface area contributed by atoms with E-state index in [1.165, 1.54) is 23.9 Å². The number of methoxy groups -OCH3 is 1. The van der Waals surface area contributed by atoms with E-state index < -0.39 is 42.7 Å². The molecule has 192 valence electrons. The van der Waals surface area contributed by atoms with Crippen molar-refractivity contribution in [3.63, 3.8) is 0 Å². The second kappa shape index (κ2) is 10.8. The van der Waals surface area contributed by atoms with Crippen LogP contribution in [0.1, 0.15) is 28.9 Å². The van der Waals surface area contributed by atoms with Crippen molar-refractivity contribution in [2.24, 2.45) is 0 Å². The summed E-state index contributed by atoms with van der Waals surface area (Å²) >= 11 is 11.5. The van der Waals surface area contributed by atoms with E-state index in [0.29, 0.717) is 22.0 Å². The number of amides is 1. The van der Waals surface area contributed by atoms with Crippen LogP contribution in [0.3, 0.4) is 0 Å². The summed E-state index contributed by atoms with van der Waals surface area (Å²) in [5.74, 6) is -2.93. The molecular formula is C23H20Cl2F3N3O4S. The fourth-order valence-corrected chi connectivity index (χ4v) is 4.45. The zero-order chi connectivity index (χ0) is 25.9. The van der Waals surface area contributed by atoms with Gasteiger partial charge in [0.25, 0.3) is 11.8 Å². The number of hydrogen-bond donors (Lipinski definition) is 1.